The Labute approximate surface area is 147 Å². The maximum absolute atomic E-state index is 10.0. The first-order valence-corrected chi connectivity index (χ1v) is 8.50. The predicted molar refractivity (Wildman–Crippen MR) is 97.7 cm³/mol. The second-order valence-electron chi connectivity index (χ2n) is 5.77. The van der Waals surface area contributed by atoms with Crippen LogP contribution in [0, 0.1) is 18.3 Å². The smallest absolute Gasteiger partial charge is 0.144 e. The van der Waals surface area contributed by atoms with Gasteiger partial charge in [-0.15, -0.1) is 11.3 Å². The van der Waals surface area contributed by atoms with Gasteiger partial charge >= 0.3 is 0 Å². The quantitative estimate of drug-likeness (QED) is 0.507. The molecule has 5 heteroatoms. The highest BCUT2D eigenvalue weighted by molar-refractivity contribution is 7.14. The van der Waals surface area contributed by atoms with Crippen molar-refractivity contribution in [1.82, 2.24) is 0 Å². The molecule has 0 aliphatic carbocycles. The summed E-state index contributed by atoms with van der Waals surface area (Å²) >= 11 is 1.46. The number of aryl methyl sites for hydroxylation is 1. The first kappa shape index (κ1) is 15.3. The summed E-state index contributed by atoms with van der Waals surface area (Å²) in [5, 5.41) is 31.7. The van der Waals surface area contributed by atoms with Gasteiger partial charge in [-0.1, -0.05) is 0 Å². The molecule has 2 aromatic heterocycles. The van der Waals surface area contributed by atoms with Crippen LogP contribution in [0.2, 0.25) is 0 Å². The number of furan rings is 1. The van der Waals surface area contributed by atoms with Crippen molar-refractivity contribution in [3.05, 3.63) is 59.0 Å². The molecule has 0 amide bonds. The third-order valence-corrected chi connectivity index (χ3v) is 5.03. The average molecular weight is 347 g/mol. The van der Waals surface area contributed by atoms with E-state index in [4.69, 9.17) is 4.42 Å². The fraction of sp³-hybridized carbons (Fsp3) is 0.0500. The maximum atomic E-state index is 10.0. The second-order valence-corrected chi connectivity index (χ2v) is 6.68. The number of hydrogen-bond acceptors (Lipinski definition) is 5. The number of thiophene rings is 1. The lowest BCUT2D eigenvalue weighted by atomic mass is 10.0. The van der Waals surface area contributed by atoms with Crippen LogP contribution in [0.25, 0.3) is 32.7 Å². The van der Waals surface area contributed by atoms with Crippen LogP contribution >= 0.6 is 11.3 Å². The first-order valence-electron chi connectivity index (χ1n) is 7.62. The zero-order valence-electron chi connectivity index (χ0n) is 13.3. The van der Waals surface area contributed by atoms with Crippen molar-refractivity contribution in [2.24, 2.45) is 0 Å². The highest BCUT2D eigenvalue weighted by atomic mass is 32.1. The molecule has 4 aromatic rings. The molecule has 0 fully saturated rings. The van der Waals surface area contributed by atoms with Gasteiger partial charge in [-0.2, -0.15) is 5.26 Å². The molecule has 4 rings (SSSR count). The fourth-order valence-electron chi connectivity index (χ4n) is 2.98. The van der Waals surface area contributed by atoms with Crippen molar-refractivity contribution in [2.75, 3.05) is 0 Å². The molecule has 25 heavy (non-hydrogen) atoms. The first-order chi connectivity index (χ1) is 12.1. The number of phenolic OH excluding ortho intramolecular Hbond substituents is 2. The van der Waals surface area contributed by atoms with Crippen molar-refractivity contribution < 1.29 is 14.6 Å². The summed E-state index contributed by atoms with van der Waals surface area (Å²) in [4.78, 5) is 0.800. The minimum Gasteiger partial charge on any atom is -0.508 e. The third kappa shape index (κ3) is 2.44. The lowest BCUT2D eigenvalue weighted by Gasteiger charge is -2.03. The molecule has 2 aromatic carbocycles. The minimum atomic E-state index is 0.152. The van der Waals surface area contributed by atoms with Crippen LogP contribution in [0.3, 0.4) is 0 Å². The van der Waals surface area contributed by atoms with Gasteiger partial charge in [-0.25, -0.2) is 0 Å². The highest BCUT2D eigenvalue weighted by Crippen LogP contribution is 2.46. The van der Waals surface area contributed by atoms with Crippen LogP contribution in [0.5, 0.6) is 11.5 Å². The SMILES string of the molecule is Cc1cc(O)cc2c(-c3sccc3C#N)c(-c3ccc(O)cc3)oc12. The van der Waals surface area contributed by atoms with E-state index in [0.717, 1.165) is 27.0 Å². The average Bonchev–Trinajstić information content (AvgIpc) is 3.19. The molecule has 122 valence electrons. The van der Waals surface area contributed by atoms with Crippen LogP contribution in [0.4, 0.5) is 0 Å². The molecule has 2 N–H and O–H groups in total. The molecule has 0 unspecified atom stereocenters. The van der Waals surface area contributed by atoms with Gasteiger partial charge in [0.15, 0.2) is 0 Å². The number of rotatable bonds is 2. The molecule has 0 radical (unpaired) electrons. The van der Waals surface area contributed by atoms with E-state index in [1.165, 1.54) is 11.3 Å². The van der Waals surface area contributed by atoms with Crippen LogP contribution in [-0.2, 0) is 0 Å². The van der Waals surface area contributed by atoms with Gasteiger partial charge in [0.05, 0.1) is 10.4 Å². The normalized spacial score (nSPS) is 10.9. The summed E-state index contributed by atoms with van der Waals surface area (Å²) in [7, 11) is 0. The summed E-state index contributed by atoms with van der Waals surface area (Å²) in [6, 6.07) is 14.0. The predicted octanol–water partition coefficient (Wildman–Crippen LogP) is 5.42. The van der Waals surface area contributed by atoms with E-state index < -0.39 is 0 Å². The Morgan fingerprint density at radius 2 is 1.80 bits per heavy atom. The Morgan fingerprint density at radius 1 is 1.04 bits per heavy atom. The minimum absolute atomic E-state index is 0.152. The van der Waals surface area contributed by atoms with Gasteiger partial charge in [0, 0.05) is 16.5 Å². The van der Waals surface area contributed by atoms with E-state index in [2.05, 4.69) is 6.07 Å². The van der Waals surface area contributed by atoms with E-state index in [9.17, 15) is 15.5 Å². The Balaban J connectivity index is 2.12. The maximum Gasteiger partial charge on any atom is 0.144 e. The van der Waals surface area contributed by atoms with Gasteiger partial charge < -0.3 is 14.6 Å². The van der Waals surface area contributed by atoms with Crippen LogP contribution in [0.1, 0.15) is 11.1 Å². The topological polar surface area (TPSA) is 77.4 Å². The Bertz CT molecular complexity index is 1130. The Morgan fingerprint density at radius 3 is 2.52 bits per heavy atom. The Hall–Kier alpha value is -3.23. The zero-order valence-corrected chi connectivity index (χ0v) is 14.1. The Kier molecular flexibility index (Phi) is 3.48. The standard InChI is InChI=1S/C20H13NO3S/c1-11-8-15(23)9-16-17(20-13(10-21)6-7-25-20)19(24-18(11)16)12-2-4-14(22)5-3-12/h2-9,22-23H,1H3. The largest absolute Gasteiger partial charge is 0.508 e. The van der Waals surface area contributed by atoms with Crippen LogP contribution in [-0.4, -0.2) is 10.2 Å². The molecule has 2 heterocycles. The fourth-order valence-corrected chi connectivity index (χ4v) is 3.89. The van der Waals surface area contributed by atoms with Crippen molar-refractivity contribution in [3.8, 4) is 39.3 Å². The van der Waals surface area contributed by atoms with E-state index >= 15 is 0 Å². The monoisotopic (exact) mass is 347 g/mol. The summed E-state index contributed by atoms with van der Waals surface area (Å²) in [5.41, 5.74) is 3.63. The van der Waals surface area contributed by atoms with E-state index in [-0.39, 0.29) is 11.5 Å². The molecule has 0 atom stereocenters. The molecule has 4 nitrogen and oxygen atoms in total. The van der Waals surface area contributed by atoms with Crippen molar-refractivity contribution in [3.63, 3.8) is 0 Å². The highest BCUT2D eigenvalue weighted by Gasteiger charge is 2.22. The molecule has 0 bridgehead atoms. The van der Waals surface area contributed by atoms with Crippen molar-refractivity contribution in [1.29, 1.82) is 5.26 Å². The lowest BCUT2D eigenvalue weighted by molar-refractivity contribution is 0.474. The number of aromatic hydroxyl groups is 2. The molecule has 0 saturated heterocycles. The van der Waals surface area contributed by atoms with Gasteiger partial charge in [0.1, 0.15) is 28.9 Å². The molecule has 0 aliphatic heterocycles. The number of fused-ring (bicyclic) bond motifs is 1. The molecular weight excluding hydrogens is 334 g/mol. The summed E-state index contributed by atoms with van der Waals surface area (Å²) in [5.74, 6) is 0.936. The summed E-state index contributed by atoms with van der Waals surface area (Å²) in [6.07, 6.45) is 0. The van der Waals surface area contributed by atoms with Crippen molar-refractivity contribution >= 4 is 22.3 Å². The van der Waals surface area contributed by atoms with Gasteiger partial charge in [-0.05, 0) is 60.3 Å². The van der Waals surface area contributed by atoms with Crippen molar-refractivity contribution in [2.45, 2.75) is 6.92 Å². The molecule has 0 saturated carbocycles. The summed E-state index contributed by atoms with van der Waals surface area (Å²) < 4.78 is 6.14. The van der Waals surface area contributed by atoms with Gasteiger partial charge in [-0.3, -0.25) is 0 Å². The molecule has 0 aliphatic rings. The molecule has 0 spiro atoms. The van der Waals surface area contributed by atoms with Gasteiger partial charge in [0.2, 0.25) is 0 Å². The van der Waals surface area contributed by atoms with Gasteiger partial charge in [0.25, 0.3) is 0 Å². The number of nitriles is 1. The van der Waals surface area contributed by atoms with E-state index in [0.29, 0.717) is 16.9 Å². The number of nitrogens with zero attached hydrogens (tertiary/aromatic N) is 1. The van der Waals surface area contributed by atoms with E-state index in [1.54, 1.807) is 42.5 Å². The third-order valence-electron chi connectivity index (χ3n) is 4.10. The van der Waals surface area contributed by atoms with Crippen LogP contribution < -0.4 is 0 Å². The number of hydrogen-bond donors (Lipinski definition) is 2. The number of benzene rings is 2. The lowest BCUT2D eigenvalue weighted by Crippen LogP contribution is -1.81. The zero-order chi connectivity index (χ0) is 17.6. The summed E-state index contributed by atoms with van der Waals surface area (Å²) in [6.45, 7) is 1.87. The second kappa shape index (κ2) is 5.69. The van der Waals surface area contributed by atoms with E-state index in [1.807, 2.05) is 12.3 Å². The van der Waals surface area contributed by atoms with Crippen LogP contribution in [0.15, 0.2) is 52.3 Å². The molecular formula is C20H13NO3S. The number of phenols is 2.